The summed E-state index contributed by atoms with van der Waals surface area (Å²) < 4.78 is 30.0. The predicted molar refractivity (Wildman–Crippen MR) is 77.4 cm³/mol. The van der Waals surface area contributed by atoms with E-state index in [2.05, 4.69) is 26.3 Å². The predicted octanol–water partition coefficient (Wildman–Crippen LogP) is 3.55. The van der Waals surface area contributed by atoms with Gasteiger partial charge in [-0.25, -0.2) is 8.78 Å². The summed E-state index contributed by atoms with van der Waals surface area (Å²) in [6.07, 6.45) is 2.54. The summed E-state index contributed by atoms with van der Waals surface area (Å²) in [6, 6.07) is 3.77. The lowest BCUT2D eigenvalue weighted by molar-refractivity contribution is 0.471. The van der Waals surface area contributed by atoms with Gasteiger partial charge in [-0.2, -0.15) is 5.10 Å². The molecule has 1 aromatic heterocycles. The highest BCUT2D eigenvalue weighted by molar-refractivity contribution is 9.10. The van der Waals surface area contributed by atoms with Crippen molar-refractivity contribution >= 4 is 15.9 Å². The van der Waals surface area contributed by atoms with Crippen LogP contribution in [0.15, 0.2) is 28.9 Å². The molecule has 0 aliphatic heterocycles. The van der Waals surface area contributed by atoms with E-state index in [0.29, 0.717) is 6.54 Å². The molecule has 1 N–H and O–H groups in total. The van der Waals surface area contributed by atoms with Crippen molar-refractivity contribution in [3.63, 3.8) is 0 Å². The van der Waals surface area contributed by atoms with Crippen molar-refractivity contribution in [2.45, 2.75) is 19.4 Å². The summed E-state index contributed by atoms with van der Waals surface area (Å²) in [5, 5.41) is 7.38. The Hall–Kier alpha value is -1.27. The number of nitrogens with zero attached hydrogens (tertiary/aromatic N) is 2. The first-order chi connectivity index (χ1) is 9.56. The van der Waals surface area contributed by atoms with Crippen molar-refractivity contribution < 1.29 is 8.78 Å². The third kappa shape index (κ3) is 2.91. The van der Waals surface area contributed by atoms with Crippen LogP contribution in [0, 0.1) is 11.6 Å². The number of aryl methyl sites for hydroxylation is 1. The fourth-order valence-electron chi connectivity index (χ4n) is 2.13. The van der Waals surface area contributed by atoms with Gasteiger partial charge in [0, 0.05) is 12.6 Å². The maximum absolute atomic E-state index is 14.1. The highest BCUT2D eigenvalue weighted by Gasteiger charge is 2.24. The van der Waals surface area contributed by atoms with Gasteiger partial charge in [0.1, 0.15) is 0 Å². The molecule has 0 bridgehead atoms. The molecule has 0 saturated heterocycles. The van der Waals surface area contributed by atoms with Gasteiger partial charge in [0.05, 0.1) is 22.4 Å². The summed E-state index contributed by atoms with van der Waals surface area (Å²) in [6.45, 7) is 2.71. The molecule has 1 heterocycles. The van der Waals surface area contributed by atoms with Crippen molar-refractivity contribution in [2.24, 2.45) is 7.05 Å². The molecule has 2 aromatic rings. The standard InChI is InChI=1S/C14H16BrF2N3/c1-3-7-18-13(14-10(15)8-19-20(14)2)9-5-4-6-11(16)12(9)17/h4-6,8,13,18H,3,7H2,1-2H3. The van der Waals surface area contributed by atoms with E-state index in [0.717, 1.165) is 22.7 Å². The van der Waals surface area contributed by atoms with Crippen LogP contribution in [0.25, 0.3) is 0 Å². The third-order valence-corrected chi connectivity index (χ3v) is 3.71. The molecule has 2 rings (SSSR count). The van der Waals surface area contributed by atoms with E-state index >= 15 is 0 Å². The van der Waals surface area contributed by atoms with Crippen molar-refractivity contribution in [1.29, 1.82) is 0 Å². The molecule has 0 fully saturated rings. The zero-order chi connectivity index (χ0) is 14.7. The van der Waals surface area contributed by atoms with Gasteiger partial charge < -0.3 is 5.32 Å². The summed E-state index contributed by atoms with van der Waals surface area (Å²) >= 11 is 3.41. The summed E-state index contributed by atoms with van der Waals surface area (Å²) in [4.78, 5) is 0. The fraction of sp³-hybridized carbons (Fsp3) is 0.357. The van der Waals surface area contributed by atoms with Gasteiger partial charge in [-0.15, -0.1) is 0 Å². The van der Waals surface area contributed by atoms with Crippen LogP contribution < -0.4 is 5.32 Å². The minimum absolute atomic E-state index is 0.280. The van der Waals surface area contributed by atoms with E-state index < -0.39 is 17.7 Å². The van der Waals surface area contributed by atoms with Crippen molar-refractivity contribution in [1.82, 2.24) is 15.1 Å². The minimum atomic E-state index is -0.843. The highest BCUT2D eigenvalue weighted by Crippen LogP contribution is 2.30. The molecule has 1 aromatic carbocycles. The Morgan fingerprint density at radius 3 is 2.75 bits per heavy atom. The van der Waals surface area contributed by atoms with Gasteiger partial charge in [0.15, 0.2) is 11.6 Å². The first-order valence-corrected chi connectivity index (χ1v) is 7.20. The smallest absolute Gasteiger partial charge is 0.163 e. The van der Waals surface area contributed by atoms with Crippen molar-refractivity contribution in [2.75, 3.05) is 6.54 Å². The van der Waals surface area contributed by atoms with Gasteiger partial charge in [0.25, 0.3) is 0 Å². The van der Waals surface area contributed by atoms with Crippen molar-refractivity contribution in [3.05, 3.63) is 51.8 Å². The second-order valence-electron chi connectivity index (χ2n) is 4.53. The lowest BCUT2D eigenvalue weighted by atomic mass is 10.0. The molecule has 6 heteroatoms. The lowest BCUT2D eigenvalue weighted by Crippen LogP contribution is -2.26. The highest BCUT2D eigenvalue weighted by atomic mass is 79.9. The first-order valence-electron chi connectivity index (χ1n) is 6.41. The first kappa shape index (κ1) is 15.1. The number of rotatable bonds is 5. The summed E-state index contributed by atoms with van der Waals surface area (Å²) in [7, 11) is 1.78. The van der Waals surface area contributed by atoms with Gasteiger partial charge >= 0.3 is 0 Å². The molecule has 1 unspecified atom stereocenters. The lowest BCUT2D eigenvalue weighted by Gasteiger charge is -2.20. The van der Waals surface area contributed by atoms with Crippen LogP contribution in [0.3, 0.4) is 0 Å². The van der Waals surface area contributed by atoms with E-state index in [1.54, 1.807) is 24.0 Å². The zero-order valence-corrected chi connectivity index (χ0v) is 12.9. The monoisotopic (exact) mass is 343 g/mol. The second-order valence-corrected chi connectivity index (χ2v) is 5.39. The van der Waals surface area contributed by atoms with Gasteiger partial charge in [-0.1, -0.05) is 19.1 Å². The average Bonchev–Trinajstić information content (AvgIpc) is 2.75. The molecule has 1 atom stereocenters. The molecule has 0 radical (unpaired) electrons. The Labute approximate surface area is 125 Å². The topological polar surface area (TPSA) is 29.9 Å². The van der Waals surface area contributed by atoms with Crippen LogP contribution in [-0.4, -0.2) is 16.3 Å². The number of benzene rings is 1. The Balaban J connectivity index is 2.50. The average molecular weight is 344 g/mol. The van der Waals surface area contributed by atoms with E-state index in [4.69, 9.17) is 0 Å². The quantitative estimate of drug-likeness (QED) is 0.899. The Kier molecular flexibility index (Phi) is 4.88. The zero-order valence-electron chi connectivity index (χ0n) is 11.3. The second kappa shape index (κ2) is 6.45. The van der Waals surface area contributed by atoms with Gasteiger partial charge in [-0.3, -0.25) is 4.68 Å². The third-order valence-electron chi connectivity index (χ3n) is 3.10. The SMILES string of the molecule is CCCNC(c1cccc(F)c1F)c1c(Br)cnn1C. The Morgan fingerprint density at radius 2 is 2.15 bits per heavy atom. The van der Waals surface area contributed by atoms with Crippen LogP contribution in [-0.2, 0) is 7.05 Å². The van der Waals surface area contributed by atoms with E-state index in [1.807, 2.05) is 6.92 Å². The number of aromatic nitrogens is 2. The molecule has 108 valence electrons. The summed E-state index contributed by atoms with van der Waals surface area (Å²) in [5.74, 6) is -1.67. The Bertz CT molecular complexity index is 579. The van der Waals surface area contributed by atoms with Crippen LogP contribution in [0.2, 0.25) is 0 Å². The van der Waals surface area contributed by atoms with Gasteiger partial charge in [-0.05, 0) is 35.0 Å². The molecule has 0 amide bonds. The minimum Gasteiger partial charge on any atom is -0.305 e. The molecule has 0 saturated carbocycles. The largest absolute Gasteiger partial charge is 0.305 e. The molecular formula is C14H16BrF2N3. The van der Waals surface area contributed by atoms with Gasteiger partial charge in [0.2, 0.25) is 0 Å². The van der Waals surface area contributed by atoms with E-state index in [-0.39, 0.29) is 5.56 Å². The molecule has 20 heavy (non-hydrogen) atoms. The van der Waals surface area contributed by atoms with E-state index in [1.165, 1.54) is 6.07 Å². The molecule has 3 nitrogen and oxygen atoms in total. The summed E-state index contributed by atoms with van der Waals surface area (Å²) in [5.41, 5.74) is 1.05. The number of nitrogens with one attached hydrogen (secondary N) is 1. The molecule has 0 aliphatic rings. The maximum Gasteiger partial charge on any atom is 0.163 e. The van der Waals surface area contributed by atoms with Crippen LogP contribution in [0.5, 0.6) is 0 Å². The van der Waals surface area contributed by atoms with Crippen LogP contribution in [0.4, 0.5) is 8.78 Å². The van der Waals surface area contributed by atoms with E-state index in [9.17, 15) is 8.78 Å². The molecule has 0 spiro atoms. The molecular weight excluding hydrogens is 328 g/mol. The van der Waals surface area contributed by atoms with Crippen LogP contribution >= 0.6 is 15.9 Å². The van der Waals surface area contributed by atoms with Crippen LogP contribution in [0.1, 0.15) is 30.6 Å². The number of hydrogen-bond donors (Lipinski definition) is 1. The number of hydrogen-bond acceptors (Lipinski definition) is 2. The fourth-order valence-corrected chi connectivity index (χ4v) is 2.71. The normalized spacial score (nSPS) is 12.7. The number of halogens is 3. The van der Waals surface area contributed by atoms with Crippen molar-refractivity contribution in [3.8, 4) is 0 Å². The molecule has 0 aliphatic carbocycles. The maximum atomic E-state index is 14.1. The Morgan fingerprint density at radius 1 is 1.40 bits per heavy atom.